The predicted octanol–water partition coefficient (Wildman–Crippen LogP) is 3.79. The van der Waals surface area contributed by atoms with Gasteiger partial charge in [-0.15, -0.1) is 0 Å². The van der Waals surface area contributed by atoms with Crippen LogP contribution in [0.1, 0.15) is 47.1 Å². The fourth-order valence-electron chi connectivity index (χ4n) is 5.16. The third-order valence-corrected chi connectivity index (χ3v) is 13.1. The van der Waals surface area contributed by atoms with Crippen molar-refractivity contribution in [3.8, 4) is 17.2 Å². The van der Waals surface area contributed by atoms with Crippen LogP contribution in [-0.4, -0.2) is 25.2 Å². The maximum atomic E-state index is 10.2. The second kappa shape index (κ2) is 8.43. The Morgan fingerprint density at radius 3 is 1.78 bits per heavy atom. The molecule has 0 saturated heterocycles. The van der Waals surface area contributed by atoms with Crippen LogP contribution in [-0.2, 0) is 0 Å². The van der Waals surface area contributed by atoms with E-state index in [1.54, 1.807) is 12.1 Å². The standard InChI is InChI=1S/C22H30BNO2Si/c1-15(2)27(16(3)4,17(5)6)22-20(23(25)26)13-12-19(14-24)21(22)18-10-8-7-9-11-18/h7-13,15-17,25-26H,1-6H3. The highest BCUT2D eigenvalue weighted by Crippen LogP contribution is 2.43. The van der Waals surface area contributed by atoms with Crippen LogP contribution >= 0.6 is 0 Å². The van der Waals surface area contributed by atoms with Gasteiger partial charge in [-0.2, -0.15) is 5.26 Å². The molecule has 0 bridgehead atoms. The highest BCUT2D eigenvalue weighted by atomic mass is 28.3. The van der Waals surface area contributed by atoms with E-state index in [-0.39, 0.29) is 0 Å². The van der Waals surface area contributed by atoms with Gasteiger partial charge in [0.05, 0.1) is 19.7 Å². The molecule has 5 heteroatoms. The molecule has 2 rings (SSSR count). The fourth-order valence-corrected chi connectivity index (χ4v) is 12.3. The Bertz CT molecular complexity index is 804. The first-order valence-corrected chi connectivity index (χ1v) is 11.9. The normalized spacial score (nSPS) is 11.9. The van der Waals surface area contributed by atoms with E-state index >= 15 is 0 Å². The topological polar surface area (TPSA) is 64.2 Å². The molecule has 0 amide bonds. The average molecular weight is 379 g/mol. The van der Waals surface area contributed by atoms with E-state index < -0.39 is 15.2 Å². The van der Waals surface area contributed by atoms with Crippen molar-refractivity contribution < 1.29 is 10.0 Å². The van der Waals surface area contributed by atoms with E-state index in [9.17, 15) is 15.3 Å². The van der Waals surface area contributed by atoms with Crippen molar-refractivity contribution in [2.45, 2.75) is 58.2 Å². The lowest BCUT2D eigenvalue weighted by Crippen LogP contribution is -2.64. The molecule has 0 unspecified atom stereocenters. The van der Waals surface area contributed by atoms with Gasteiger partial charge in [-0.1, -0.05) is 77.9 Å². The number of nitrogens with zero attached hydrogens (tertiary/aromatic N) is 1. The van der Waals surface area contributed by atoms with Crippen LogP contribution in [0.25, 0.3) is 11.1 Å². The molecule has 27 heavy (non-hydrogen) atoms. The molecule has 0 aliphatic carbocycles. The third-order valence-electron chi connectivity index (χ3n) is 6.00. The molecule has 3 nitrogen and oxygen atoms in total. The summed E-state index contributed by atoms with van der Waals surface area (Å²) in [6, 6.07) is 15.7. The molecule has 2 aromatic rings. The van der Waals surface area contributed by atoms with Gasteiger partial charge in [0.15, 0.2) is 0 Å². The van der Waals surface area contributed by atoms with Crippen molar-refractivity contribution in [2.75, 3.05) is 0 Å². The summed E-state index contributed by atoms with van der Waals surface area (Å²) in [6.45, 7) is 13.5. The van der Waals surface area contributed by atoms with Gasteiger partial charge in [-0.05, 0) is 44.5 Å². The van der Waals surface area contributed by atoms with Crippen molar-refractivity contribution in [1.29, 1.82) is 5.26 Å². The Hall–Kier alpha value is -1.87. The zero-order chi connectivity index (χ0) is 20.4. The van der Waals surface area contributed by atoms with Gasteiger partial charge in [0.1, 0.15) is 0 Å². The Morgan fingerprint density at radius 1 is 0.852 bits per heavy atom. The third kappa shape index (κ3) is 3.62. The van der Waals surface area contributed by atoms with Gasteiger partial charge >= 0.3 is 7.12 Å². The second-order valence-electron chi connectivity index (χ2n) is 8.20. The Morgan fingerprint density at radius 2 is 1.37 bits per heavy atom. The molecule has 0 radical (unpaired) electrons. The van der Waals surface area contributed by atoms with Crippen LogP contribution in [0.4, 0.5) is 0 Å². The summed E-state index contributed by atoms with van der Waals surface area (Å²) in [4.78, 5) is 0. The van der Waals surface area contributed by atoms with Crippen LogP contribution in [0.15, 0.2) is 42.5 Å². The summed E-state index contributed by atoms with van der Waals surface area (Å²) in [5, 5.41) is 31.4. The molecule has 0 aromatic heterocycles. The molecule has 142 valence electrons. The summed E-state index contributed by atoms with van der Waals surface area (Å²) < 4.78 is 0. The zero-order valence-electron chi connectivity index (χ0n) is 17.2. The van der Waals surface area contributed by atoms with Gasteiger partial charge in [-0.3, -0.25) is 0 Å². The molecule has 0 aliphatic heterocycles. The van der Waals surface area contributed by atoms with E-state index in [2.05, 4.69) is 47.6 Å². The van der Waals surface area contributed by atoms with Crippen molar-refractivity contribution in [2.24, 2.45) is 0 Å². The highest BCUT2D eigenvalue weighted by Gasteiger charge is 2.48. The lowest BCUT2D eigenvalue weighted by molar-refractivity contribution is 0.426. The van der Waals surface area contributed by atoms with Gasteiger partial charge < -0.3 is 10.0 Å². The summed E-state index contributed by atoms with van der Waals surface area (Å²) in [7, 11) is -3.81. The maximum absolute atomic E-state index is 10.2. The smallest absolute Gasteiger partial charge is 0.423 e. The zero-order valence-corrected chi connectivity index (χ0v) is 18.2. The Kier molecular flexibility index (Phi) is 6.69. The van der Waals surface area contributed by atoms with E-state index in [4.69, 9.17) is 0 Å². The fraction of sp³-hybridized carbons (Fsp3) is 0.409. The van der Waals surface area contributed by atoms with Gasteiger partial charge in [0, 0.05) is 0 Å². The number of benzene rings is 2. The largest absolute Gasteiger partial charge is 0.488 e. The summed E-state index contributed by atoms with van der Waals surface area (Å²) in [5.41, 5.74) is 4.14. The minimum absolute atomic E-state index is 0.381. The first-order valence-electron chi connectivity index (χ1n) is 9.68. The van der Waals surface area contributed by atoms with Gasteiger partial charge in [0.2, 0.25) is 0 Å². The lowest BCUT2D eigenvalue weighted by Gasteiger charge is -2.46. The first-order chi connectivity index (χ1) is 12.7. The van der Waals surface area contributed by atoms with Crippen LogP contribution in [0.5, 0.6) is 0 Å². The van der Waals surface area contributed by atoms with Crippen LogP contribution in [0.3, 0.4) is 0 Å². The summed E-state index contributed by atoms with van der Waals surface area (Å²) in [6.07, 6.45) is 0. The molecule has 2 N–H and O–H groups in total. The second-order valence-corrected chi connectivity index (χ2v) is 14.0. The molecular weight excluding hydrogens is 349 g/mol. The van der Waals surface area contributed by atoms with Crippen molar-refractivity contribution >= 4 is 25.8 Å². The number of nitriles is 1. The maximum Gasteiger partial charge on any atom is 0.488 e. The molecule has 2 aromatic carbocycles. The van der Waals surface area contributed by atoms with Crippen molar-refractivity contribution in [3.05, 3.63) is 48.0 Å². The molecule has 0 fully saturated rings. The Balaban J connectivity index is 3.10. The lowest BCUT2D eigenvalue weighted by atomic mass is 9.78. The van der Waals surface area contributed by atoms with E-state index in [0.717, 1.165) is 16.3 Å². The minimum Gasteiger partial charge on any atom is -0.423 e. The number of hydrogen-bond donors (Lipinski definition) is 2. The molecule has 0 aliphatic rings. The Labute approximate surface area is 164 Å². The van der Waals surface area contributed by atoms with Crippen LogP contribution in [0, 0.1) is 11.3 Å². The van der Waals surface area contributed by atoms with Gasteiger partial charge in [0.25, 0.3) is 0 Å². The summed E-state index contributed by atoms with van der Waals surface area (Å²) in [5.74, 6) is 0. The molecule has 0 atom stereocenters. The van der Waals surface area contributed by atoms with Crippen molar-refractivity contribution in [3.63, 3.8) is 0 Å². The minimum atomic E-state index is -2.26. The quantitative estimate of drug-likeness (QED) is 0.751. The first kappa shape index (κ1) is 21.4. The van der Waals surface area contributed by atoms with Gasteiger partial charge in [-0.25, -0.2) is 0 Å². The number of hydrogen-bond acceptors (Lipinski definition) is 3. The van der Waals surface area contributed by atoms with E-state index in [1.807, 2.05) is 30.3 Å². The molecular formula is C22H30BNO2Si. The van der Waals surface area contributed by atoms with Crippen LogP contribution < -0.4 is 10.6 Å². The number of rotatable bonds is 6. The molecule has 0 saturated carbocycles. The SMILES string of the molecule is CC(C)[Si](c1c(B(O)O)ccc(C#N)c1-c1ccccc1)(C(C)C)C(C)C. The monoisotopic (exact) mass is 379 g/mol. The van der Waals surface area contributed by atoms with Crippen LogP contribution in [0.2, 0.25) is 16.6 Å². The van der Waals surface area contributed by atoms with E-state index in [0.29, 0.717) is 27.6 Å². The predicted molar refractivity (Wildman–Crippen MR) is 117 cm³/mol. The molecule has 0 spiro atoms. The average Bonchev–Trinajstić information content (AvgIpc) is 2.61. The van der Waals surface area contributed by atoms with Crippen molar-refractivity contribution in [1.82, 2.24) is 0 Å². The molecule has 0 heterocycles. The van der Waals surface area contributed by atoms with E-state index in [1.165, 1.54) is 0 Å². The highest BCUT2D eigenvalue weighted by molar-refractivity contribution is 6.98. The summed E-state index contributed by atoms with van der Waals surface area (Å²) >= 11 is 0.